The fourth-order valence-corrected chi connectivity index (χ4v) is 11.0. The van der Waals surface area contributed by atoms with Crippen molar-refractivity contribution in [1.82, 2.24) is 5.06 Å². The Labute approximate surface area is 410 Å². The number of imide groups is 1. The second-order valence-corrected chi connectivity index (χ2v) is 22.7. The molecule has 72 heavy (non-hydrogen) atoms. The minimum Gasteiger partial charge on any atom is -0.341 e. The van der Waals surface area contributed by atoms with Crippen LogP contribution in [-0.2, 0) is 60.4 Å². The van der Waals surface area contributed by atoms with E-state index in [1.54, 1.807) is 0 Å². The van der Waals surface area contributed by atoms with Crippen LogP contribution in [0, 0.1) is 46.5 Å². The minimum absolute atomic E-state index is 0.00225. The topological polar surface area (TPSA) is 233 Å². The maximum absolute atomic E-state index is 16.1. The molecule has 398 valence electrons. The number of carbonyl (C=O) groups is 3. The van der Waals surface area contributed by atoms with Crippen molar-refractivity contribution in [2.75, 3.05) is 35.2 Å². The number of halogens is 8. The van der Waals surface area contributed by atoms with Gasteiger partial charge in [-0.2, -0.15) is 34.2 Å². The summed E-state index contributed by atoms with van der Waals surface area (Å²) in [6.45, 7) is 1.99. The first-order valence-corrected chi connectivity index (χ1v) is 27.4. The van der Waals surface area contributed by atoms with Crippen LogP contribution in [0.25, 0.3) is 0 Å². The van der Waals surface area contributed by atoms with Crippen LogP contribution in [0.1, 0.15) is 115 Å². The summed E-state index contributed by atoms with van der Waals surface area (Å²) in [5.74, 6) is -20.3. The molecule has 2 aromatic rings. The van der Waals surface area contributed by atoms with E-state index in [0.29, 0.717) is 5.06 Å². The van der Waals surface area contributed by atoms with Crippen LogP contribution in [0.15, 0.2) is 36.1 Å². The highest BCUT2D eigenvalue weighted by Gasteiger charge is 2.53. The van der Waals surface area contributed by atoms with Gasteiger partial charge in [-0.15, -0.1) is 5.06 Å². The molecule has 0 aromatic heterocycles. The zero-order valence-electron chi connectivity index (χ0n) is 38.8. The number of hydroxylamine groups is 2. The number of carbonyl (C=O) groups excluding carboxylic acids is 3. The number of allylic oxidation sites excluding steroid dienone is 6. The molecule has 27 heteroatoms. The maximum Gasteiger partial charge on any atom is 0.333 e. The fourth-order valence-electron chi connectivity index (χ4n) is 9.32. The number of nitrogens with zero attached hydrogens (tertiary/aromatic N) is 3. The van der Waals surface area contributed by atoms with Crippen molar-refractivity contribution in [3.8, 4) is 0 Å². The van der Waals surface area contributed by atoms with Crippen LogP contribution in [0.5, 0.6) is 0 Å². The summed E-state index contributed by atoms with van der Waals surface area (Å²) in [6.07, 6.45) is 4.64. The zero-order valence-corrected chi connectivity index (χ0v) is 41.3. The lowest BCUT2D eigenvalue weighted by Gasteiger charge is -2.30. The quantitative estimate of drug-likeness (QED) is 0.0126. The number of anilines is 1. The molecule has 3 heterocycles. The van der Waals surface area contributed by atoms with Gasteiger partial charge >= 0.3 is 5.97 Å². The van der Waals surface area contributed by atoms with Crippen molar-refractivity contribution in [2.24, 2.45) is 0 Å². The summed E-state index contributed by atoms with van der Waals surface area (Å²) in [6, 6.07) is 0. The Morgan fingerprint density at radius 1 is 0.611 bits per heavy atom. The minimum atomic E-state index is -4.49. The summed E-state index contributed by atoms with van der Waals surface area (Å²) in [5.41, 5.74) is -6.33. The highest BCUT2D eigenvalue weighted by Crippen LogP contribution is 2.54. The molecule has 5 rings (SSSR count). The van der Waals surface area contributed by atoms with E-state index in [1.807, 2.05) is 0 Å². The third-order valence-corrected chi connectivity index (χ3v) is 15.1. The van der Waals surface area contributed by atoms with Crippen LogP contribution < -0.4 is 4.90 Å². The first-order chi connectivity index (χ1) is 33.4. The molecule has 1 fully saturated rings. The molecule has 0 bridgehead atoms. The lowest BCUT2D eigenvalue weighted by molar-refractivity contribution is -0.440. The van der Waals surface area contributed by atoms with E-state index in [0.717, 1.165) is 9.48 Å². The van der Waals surface area contributed by atoms with E-state index in [1.165, 1.54) is 44.2 Å². The molecule has 2 atom stereocenters. The Balaban J connectivity index is 1.56. The van der Waals surface area contributed by atoms with Crippen molar-refractivity contribution >= 4 is 65.2 Å². The average molecular weight is 1090 g/mol. The van der Waals surface area contributed by atoms with Gasteiger partial charge < -0.3 is 9.74 Å². The van der Waals surface area contributed by atoms with E-state index >= 15 is 26.3 Å². The first-order valence-electron chi connectivity index (χ1n) is 22.6. The van der Waals surface area contributed by atoms with E-state index < -0.39 is 145 Å². The van der Waals surface area contributed by atoms with Crippen LogP contribution in [0.4, 0.5) is 46.5 Å². The Hall–Kier alpha value is -5.09. The van der Waals surface area contributed by atoms with Gasteiger partial charge in [-0.1, -0.05) is 37.5 Å². The summed E-state index contributed by atoms with van der Waals surface area (Å²) >= 11 is 0. The highest BCUT2D eigenvalue weighted by molar-refractivity contribution is 7.86. The van der Waals surface area contributed by atoms with E-state index in [2.05, 4.69) is 0 Å². The molecule has 0 aliphatic carbocycles. The number of hydrogen-bond donors (Lipinski definition) is 3. The predicted octanol–water partition coefficient (Wildman–Crippen LogP) is 7.88. The van der Waals surface area contributed by atoms with Crippen LogP contribution in [0.2, 0.25) is 0 Å². The lowest BCUT2D eigenvalue weighted by Crippen LogP contribution is -2.32. The van der Waals surface area contributed by atoms with Gasteiger partial charge in [-0.25, -0.2) is 35.5 Å². The fraction of sp³-hybridized carbons (Fsp3) is 0.511. The number of benzene rings is 2. The summed E-state index contributed by atoms with van der Waals surface area (Å²) in [5, 5.41) is 0.366. The second-order valence-electron chi connectivity index (χ2n) is 17.9. The predicted molar refractivity (Wildman–Crippen MR) is 243 cm³/mol. The number of amides is 2. The molecule has 2 aromatic carbocycles. The van der Waals surface area contributed by atoms with Gasteiger partial charge in [0.1, 0.15) is 6.54 Å². The molecular formula is C45H52F8N3O13S3+. The van der Waals surface area contributed by atoms with Gasteiger partial charge in [-0.3, -0.25) is 23.2 Å². The standard InChI is InChI=1S/C45H51F8N3O13S3/c1-44(20-8-4-7-17-31(59)69-56-29(57)18-19-30(56)58)27(54(22-10-13-25-71(63,64)65)42-32(44)34(46)36(48)38(50)40(42)52)15-5-3-6-16-28-45(2,21-9-12-24-70(60,61)62)33-35(47)37(49)39(51)41(53)43(33)55(28)23-11-14-26-72(66,67)68/h3,5-6,15-16H,4,7-14,17-26H2,1-2H3,(H2-,60,61,62,63,64,65,66,67,68)/p+1. The molecule has 3 aliphatic heterocycles. The van der Waals surface area contributed by atoms with Crippen molar-refractivity contribution in [3.05, 3.63) is 93.7 Å². The monoisotopic (exact) mass is 1090 g/mol. The first kappa shape index (κ1) is 57.8. The number of unbranched alkanes of at least 4 members (excludes halogenated alkanes) is 5. The highest BCUT2D eigenvalue weighted by atomic mass is 32.2. The average Bonchev–Trinajstić information content (AvgIpc) is 3.83. The lowest BCUT2D eigenvalue weighted by atomic mass is 9.74. The number of rotatable bonds is 25. The Bertz CT molecular complexity index is 2950. The molecule has 3 aliphatic rings. The third kappa shape index (κ3) is 13.2. The zero-order chi connectivity index (χ0) is 53.7. The third-order valence-electron chi connectivity index (χ3n) is 12.7. The molecule has 16 nitrogen and oxygen atoms in total. The molecular weight excluding hydrogens is 1040 g/mol. The van der Waals surface area contributed by atoms with Gasteiger partial charge in [0.15, 0.2) is 40.6 Å². The van der Waals surface area contributed by atoms with Crippen LogP contribution >= 0.6 is 0 Å². The molecule has 0 saturated carbocycles. The number of fused-ring (bicyclic) bond motifs is 2. The molecule has 3 N–H and O–H groups in total. The summed E-state index contributed by atoms with van der Waals surface area (Å²) < 4.78 is 222. The Kier molecular flexibility index (Phi) is 18.5. The van der Waals surface area contributed by atoms with Gasteiger partial charge in [0.05, 0.1) is 33.9 Å². The summed E-state index contributed by atoms with van der Waals surface area (Å²) in [4.78, 5) is 42.1. The summed E-state index contributed by atoms with van der Waals surface area (Å²) in [7, 11) is -13.5. The van der Waals surface area contributed by atoms with E-state index in [-0.39, 0.29) is 114 Å². The molecule has 1 saturated heterocycles. The smallest absolute Gasteiger partial charge is 0.333 e. The number of hydrogen-bond acceptors (Lipinski definition) is 11. The SMILES string of the molecule is CC1(CCCCCC(=O)ON2C(=O)CCC2=O)C(/C=C/C=C/C=C2/N(CCCCS(=O)(=O)O)c3c(F)c(F)c(F)c(F)c3C2(C)CCCCS(=O)(=O)O)=[N+](CCCCS(=O)(=O)O)c2c(F)c(F)c(F)c(F)c21. The van der Waals surface area contributed by atoms with Crippen LogP contribution in [0.3, 0.4) is 0 Å². The van der Waals surface area contributed by atoms with Crippen molar-refractivity contribution in [1.29, 1.82) is 0 Å². The molecule has 0 spiro atoms. The van der Waals surface area contributed by atoms with Gasteiger partial charge in [-0.05, 0) is 64.9 Å². The van der Waals surface area contributed by atoms with Gasteiger partial charge in [0.2, 0.25) is 11.6 Å². The van der Waals surface area contributed by atoms with Crippen molar-refractivity contribution < 1.29 is 97.8 Å². The van der Waals surface area contributed by atoms with Crippen LogP contribution in [-0.4, -0.2) is 102 Å². The molecule has 0 radical (unpaired) electrons. The Morgan fingerprint density at radius 3 is 1.69 bits per heavy atom. The second kappa shape index (κ2) is 23.0. The van der Waals surface area contributed by atoms with Gasteiger partial charge in [0.25, 0.3) is 47.9 Å². The van der Waals surface area contributed by atoms with E-state index in [4.69, 9.17) is 4.84 Å². The largest absolute Gasteiger partial charge is 0.341 e. The molecule has 2 unspecified atom stereocenters. The maximum atomic E-state index is 16.1. The Morgan fingerprint density at radius 2 is 1.11 bits per heavy atom. The van der Waals surface area contributed by atoms with Crippen molar-refractivity contribution in [2.45, 2.75) is 115 Å². The van der Waals surface area contributed by atoms with E-state index in [9.17, 15) is 62.1 Å². The van der Waals surface area contributed by atoms with Crippen molar-refractivity contribution in [3.63, 3.8) is 0 Å². The molecule has 2 amide bonds. The van der Waals surface area contributed by atoms with Gasteiger partial charge in [0, 0.05) is 55.0 Å². The normalized spacial score (nSPS) is 20.1.